The van der Waals surface area contributed by atoms with Crippen LogP contribution in [0.1, 0.15) is 32.6 Å². The molecule has 2 rings (SSSR count). The normalized spacial score (nSPS) is 23.3. The molecule has 0 spiro atoms. The number of carbonyl (C=O) groups excluding carboxylic acids is 1. The van der Waals surface area contributed by atoms with Crippen molar-refractivity contribution >= 4 is 29.3 Å². The van der Waals surface area contributed by atoms with Crippen LogP contribution in [-0.4, -0.2) is 23.4 Å². The second-order valence-electron chi connectivity index (χ2n) is 5.82. The topological polar surface area (TPSA) is 29.1 Å². The van der Waals surface area contributed by atoms with Gasteiger partial charge in [0.2, 0.25) is 5.91 Å². The maximum Gasteiger partial charge on any atom is 0.391 e. The summed E-state index contributed by atoms with van der Waals surface area (Å²) in [5.41, 5.74) is 0. The van der Waals surface area contributed by atoms with Crippen LogP contribution in [0, 0.1) is 5.92 Å². The molecule has 1 aromatic rings. The fourth-order valence-electron chi connectivity index (χ4n) is 2.71. The van der Waals surface area contributed by atoms with E-state index in [1.165, 1.54) is 11.8 Å². The van der Waals surface area contributed by atoms with Gasteiger partial charge in [0.15, 0.2) is 0 Å². The quantitative estimate of drug-likeness (QED) is 0.756. The average Bonchev–Trinajstić information content (AvgIpc) is 2.49. The first kappa shape index (κ1) is 18.5. The van der Waals surface area contributed by atoms with Crippen LogP contribution in [-0.2, 0) is 4.79 Å². The predicted molar refractivity (Wildman–Crippen MR) is 86.7 cm³/mol. The van der Waals surface area contributed by atoms with Gasteiger partial charge in [-0.25, -0.2) is 0 Å². The molecule has 2 nitrogen and oxygen atoms in total. The Balaban J connectivity index is 1.86. The summed E-state index contributed by atoms with van der Waals surface area (Å²) in [4.78, 5) is 13.1. The van der Waals surface area contributed by atoms with Gasteiger partial charge >= 0.3 is 6.18 Å². The number of thioether (sulfide) groups is 1. The van der Waals surface area contributed by atoms with Crippen LogP contribution in [0.5, 0.6) is 0 Å². The van der Waals surface area contributed by atoms with Gasteiger partial charge in [0, 0.05) is 16.0 Å². The van der Waals surface area contributed by atoms with E-state index in [9.17, 15) is 18.0 Å². The van der Waals surface area contributed by atoms with Gasteiger partial charge in [-0.1, -0.05) is 18.0 Å². The smallest absolute Gasteiger partial charge is 0.352 e. The number of benzene rings is 1. The highest BCUT2D eigenvalue weighted by molar-refractivity contribution is 8.00. The first-order valence-electron chi connectivity index (χ1n) is 7.55. The Morgan fingerprint density at radius 1 is 1.30 bits per heavy atom. The van der Waals surface area contributed by atoms with Crippen LogP contribution in [0.25, 0.3) is 0 Å². The number of amides is 1. The summed E-state index contributed by atoms with van der Waals surface area (Å²) in [6.45, 7) is 1.75. The van der Waals surface area contributed by atoms with Crippen molar-refractivity contribution in [1.82, 2.24) is 5.32 Å². The number of carbonyl (C=O) groups is 1. The Bertz CT molecular complexity index is 535. The van der Waals surface area contributed by atoms with E-state index in [1.54, 1.807) is 19.1 Å². The molecule has 128 valence electrons. The van der Waals surface area contributed by atoms with Crippen molar-refractivity contribution in [2.75, 3.05) is 0 Å². The molecule has 1 N–H and O–H groups in total. The van der Waals surface area contributed by atoms with E-state index in [0.29, 0.717) is 17.9 Å². The molecular weight excluding hydrogens is 347 g/mol. The van der Waals surface area contributed by atoms with E-state index >= 15 is 0 Å². The molecule has 7 heteroatoms. The van der Waals surface area contributed by atoms with Crippen LogP contribution in [0.3, 0.4) is 0 Å². The third-order valence-electron chi connectivity index (χ3n) is 3.98. The van der Waals surface area contributed by atoms with E-state index in [4.69, 9.17) is 11.6 Å². The standard InChI is InChI=1S/C16H19ClF3NOS/c1-10(23-14-7-5-12(17)6-8-14)15(22)21-13-4-2-3-11(9-13)16(18,19)20/h5-8,10-11,13H,2-4,9H2,1H3,(H,21,22). The number of hydrogen-bond acceptors (Lipinski definition) is 2. The fourth-order valence-corrected chi connectivity index (χ4v) is 3.71. The Hall–Kier alpha value is -0.880. The van der Waals surface area contributed by atoms with Crippen molar-refractivity contribution in [2.45, 2.75) is 55.0 Å². The lowest BCUT2D eigenvalue weighted by Gasteiger charge is -2.31. The van der Waals surface area contributed by atoms with Crippen molar-refractivity contribution in [3.8, 4) is 0 Å². The summed E-state index contributed by atoms with van der Waals surface area (Å²) < 4.78 is 38.4. The zero-order valence-electron chi connectivity index (χ0n) is 12.7. The van der Waals surface area contributed by atoms with Gasteiger partial charge in [-0.05, 0) is 50.5 Å². The Morgan fingerprint density at radius 3 is 2.57 bits per heavy atom. The maximum atomic E-state index is 12.8. The van der Waals surface area contributed by atoms with Crippen molar-refractivity contribution < 1.29 is 18.0 Å². The number of rotatable bonds is 4. The lowest BCUT2D eigenvalue weighted by molar-refractivity contribution is -0.184. The third-order valence-corrected chi connectivity index (χ3v) is 5.34. The molecule has 3 atom stereocenters. The van der Waals surface area contributed by atoms with Crippen molar-refractivity contribution in [3.05, 3.63) is 29.3 Å². The second kappa shape index (κ2) is 7.79. The second-order valence-corrected chi connectivity index (χ2v) is 7.68. The number of halogens is 4. The predicted octanol–water partition coefficient (Wildman–Crippen LogP) is 5.06. The Morgan fingerprint density at radius 2 is 1.96 bits per heavy atom. The van der Waals surface area contributed by atoms with Crippen LogP contribution in [0.15, 0.2) is 29.2 Å². The van der Waals surface area contributed by atoms with Gasteiger partial charge in [-0.3, -0.25) is 4.79 Å². The molecule has 23 heavy (non-hydrogen) atoms. The van der Waals surface area contributed by atoms with Gasteiger partial charge in [0.05, 0.1) is 11.2 Å². The highest BCUT2D eigenvalue weighted by Crippen LogP contribution is 2.37. The molecule has 1 aromatic carbocycles. The van der Waals surface area contributed by atoms with Gasteiger partial charge in [-0.15, -0.1) is 11.8 Å². The van der Waals surface area contributed by atoms with Crippen LogP contribution >= 0.6 is 23.4 Å². The highest BCUT2D eigenvalue weighted by atomic mass is 35.5. The highest BCUT2D eigenvalue weighted by Gasteiger charge is 2.42. The number of alkyl halides is 3. The van der Waals surface area contributed by atoms with Gasteiger partial charge in [-0.2, -0.15) is 13.2 Å². The molecule has 1 aliphatic rings. The van der Waals surface area contributed by atoms with Crippen molar-refractivity contribution in [3.63, 3.8) is 0 Å². The minimum absolute atomic E-state index is 0.0203. The molecule has 3 unspecified atom stereocenters. The third kappa shape index (κ3) is 5.60. The lowest BCUT2D eigenvalue weighted by Crippen LogP contribution is -2.44. The first-order chi connectivity index (χ1) is 10.8. The van der Waals surface area contributed by atoms with Gasteiger partial charge < -0.3 is 5.32 Å². The summed E-state index contributed by atoms with van der Waals surface area (Å²) in [6.07, 6.45) is -2.93. The summed E-state index contributed by atoms with van der Waals surface area (Å²) >= 11 is 7.17. The van der Waals surface area contributed by atoms with E-state index in [1.807, 2.05) is 12.1 Å². The molecular formula is C16H19ClF3NOS. The molecule has 0 aromatic heterocycles. The van der Waals surface area contributed by atoms with Gasteiger partial charge in [0.25, 0.3) is 0 Å². The van der Waals surface area contributed by atoms with Crippen molar-refractivity contribution in [2.24, 2.45) is 5.92 Å². The molecule has 0 heterocycles. The minimum atomic E-state index is -4.17. The molecule has 0 bridgehead atoms. The number of nitrogens with one attached hydrogen (secondary N) is 1. The van der Waals surface area contributed by atoms with E-state index in [-0.39, 0.29) is 24.0 Å². The van der Waals surface area contributed by atoms with Crippen LogP contribution < -0.4 is 5.32 Å². The van der Waals surface area contributed by atoms with Gasteiger partial charge in [0.1, 0.15) is 0 Å². The summed E-state index contributed by atoms with van der Waals surface area (Å²) in [5.74, 6) is -1.53. The molecule has 0 radical (unpaired) electrons. The molecule has 1 amide bonds. The zero-order valence-corrected chi connectivity index (χ0v) is 14.3. The fraction of sp³-hybridized carbons (Fsp3) is 0.562. The van der Waals surface area contributed by atoms with Crippen LogP contribution in [0.4, 0.5) is 13.2 Å². The molecule has 1 saturated carbocycles. The number of hydrogen-bond donors (Lipinski definition) is 1. The van der Waals surface area contributed by atoms with E-state index < -0.39 is 18.1 Å². The molecule has 1 aliphatic carbocycles. The Labute approximate surface area is 143 Å². The first-order valence-corrected chi connectivity index (χ1v) is 8.81. The largest absolute Gasteiger partial charge is 0.391 e. The molecule has 0 saturated heterocycles. The monoisotopic (exact) mass is 365 g/mol. The molecule has 0 aliphatic heterocycles. The summed E-state index contributed by atoms with van der Waals surface area (Å²) in [5, 5.41) is 3.01. The maximum absolute atomic E-state index is 12.8. The van der Waals surface area contributed by atoms with Crippen molar-refractivity contribution in [1.29, 1.82) is 0 Å². The van der Waals surface area contributed by atoms with Crippen LogP contribution in [0.2, 0.25) is 5.02 Å². The summed E-state index contributed by atoms with van der Waals surface area (Å²) in [6, 6.07) is 6.72. The zero-order chi connectivity index (χ0) is 17.0. The minimum Gasteiger partial charge on any atom is -0.352 e. The Kier molecular flexibility index (Phi) is 6.26. The van der Waals surface area contributed by atoms with E-state index in [0.717, 1.165) is 4.90 Å². The van der Waals surface area contributed by atoms with E-state index in [2.05, 4.69) is 5.32 Å². The molecule has 1 fully saturated rings. The lowest BCUT2D eigenvalue weighted by atomic mass is 9.85. The summed E-state index contributed by atoms with van der Waals surface area (Å²) in [7, 11) is 0. The SMILES string of the molecule is CC(Sc1ccc(Cl)cc1)C(=O)NC1CCCC(C(F)(F)F)C1. The average molecular weight is 366 g/mol.